The van der Waals surface area contributed by atoms with Gasteiger partial charge in [0.25, 0.3) is 10.0 Å². The first-order valence-corrected chi connectivity index (χ1v) is 10.5. The summed E-state index contributed by atoms with van der Waals surface area (Å²) in [5.74, 6) is -0.862. The van der Waals surface area contributed by atoms with Gasteiger partial charge in [-0.15, -0.1) is 12.4 Å². The van der Waals surface area contributed by atoms with Crippen molar-refractivity contribution in [1.82, 2.24) is 0 Å². The van der Waals surface area contributed by atoms with Crippen LogP contribution in [0.4, 0.5) is 11.4 Å². The van der Waals surface area contributed by atoms with Gasteiger partial charge in [0.2, 0.25) is 0 Å². The molecule has 0 radical (unpaired) electrons. The maximum absolute atomic E-state index is 13.2. The molecule has 0 saturated heterocycles. The number of hydrogen-bond acceptors (Lipinski definition) is 6. The van der Waals surface area contributed by atoms with Gasteiger partial charge in [-0.05, 0) is 19.1 Å². The van der Waals surface area contributed by atoms with E-state index in [1.54, 1.807) is 24.3 Å². The fourth-order valence-corrected chi connectivity index (χ4v) is 4.53. The predicted octanol–water partition coefficient (Wildman–Crippen LogP) is 3.58. The van der Waals surface area contributed by atoms with E-state index >= 15 is 0 Å². The molecule has 0 unspecified atom stereocenters. The van der Waals surface area contributed by atoms with Crippen molar-refractivity contribution >= 4 is 45.4 Å². The average molecular weight is 459 g/mol. The number of methoxy groups -OCH3 is 1. The van der Waals surface area contributed by atoms with Gasteiger partial charge in [0.05, 0.1) is 34.5 Å². The zero-order valence-corrected chi connectivity index (χ0v) is 18.3. The van der Waals surface area contributed by atoms with Gasteiger partial charge < -0.3 is 10.5 Å². The van der Waals surface area contributed by atoms with Crippen molar-refractivity contribution in [1.29, 1.82) is 0 Å². The van der Waals surface area contributed by atoms with E-state index in [0.29, 0.717) is 0 Å². The van der Waals surface area contributed by atoms with E-state index in [2.05, 4.69) is 4.72 Å². The smallest absolute Gasteiger partial charge is 0.261 e. The lowest BCUT2D eigenvalue weighted by Crippen LogP contribution is -2.25. The number of fused-ring (bicyclic) bond motifs is 2. The molecule has 0 fully saturated rings. The Morgan fingerprint density at radius 2 is 1.45 bits per heavy atom. The molecule has 7 nitrogen and oxygen atoms in total. The largest absolute Gasteiger partial charge is 0.494 e. The molecule has 0 aliphatic heterocycles. The molecule has 0 heterocycles. The second-order valence-electron chi connectivity index (χ2n) is 6.91. The SMILES string of the molecule is COc1cc(NS(=O)(=O)c2ccc(C)cc2)c2c(c1N)C(=O)c1ccccc1C2=O.Cl. The number of sulfonamides is 1. The highest BCUT2D eigenvalue weighted by Crippen LogP contribution is 2.41. The van der Waals surface area contributed by atoms with Crippen LogP contribution in [-0.2, 0) is 10.0 Å². The number of hydrogen-bond donors (Lipinski definition) is 2. The van der Waals surface area contributed by atoms with Crippen molar-refractivity contribution < 1.29 is 22.7 Å². The summed E-state index contributed by atoms with van der Waals surface area (Å²) < 4.78 is 33.5. The lowest BCUT2D eigenvalue weighted by Gasteiger charge is -2.23. The normalized spacial score (nSPS) is 12.5. The van der Waals surface area contributed by atoms with E-state index in [1.807, 2.05) is 6.92 Å². The van der Waals surface area contributed by atoms with Gasteiger partial charge in [0.1, 0.15) is 5.75 Å². The topological polar surface area (TPSA) is 116 Å². The molecular formula is C22H19ClN2O5S. The lowest BCUT2D eigenvalue weighted by molar-refractivity contribution is 0.0980. The van der Waals surface area contributed by atoms with Crippen LogP contribution in [-0.4, -0.2) is 27.1 Å². The lowest BCUT2D eigenvalue weighted by atomic mass is 9.82. The average Bonchev–Trinajstić information content (AvgIpc) is 2.73. The number of nitrogens with two attached hydrogens (primary N) is 1. The Bertz CT molecular complexity index is 1320. The maximum Gasteiger partial charge on any atom is 0.261 e. The summed E-state index contributed by atoms with van der Waals surface area (Å²) in [7, 11) is -2.68. The van der Waals surface area contributed by atoms with E-state index in [1.165, 1.54) is 37.4 Å². The van der Waals surface area contributed by atoms with E-state index < -0.39 is 21.6 Å². The fourth-order valence-electron chi connectivity index (χ4n) is 3.46. The molecule has 0 amide bonds. The maximum atomic E-state index is 13.2. The Morgan fingerprint density at radius 1 is 0.903 bits per heavy atom. The molecule has 0 aromatic heterocycles. The minimum Gasteiger partial charge on any atom is -0.494 e. The molecule has 160 valence electrons. The van der Waals surface area contributed by atoms with E-state index in [4.69, 9.17) is 10.5 Å². The Labute approximate surface area is 185 Å². The number of halogens is 1. The molecule has 31 heavy (non-hydrogen) atoms. The van der Waals surface area contributed by atoms with Gasteiger partial charge in [-0.25, -0.2) is 8.42 Å². The number of ether oxygens (including phenoxy) is 1. The van der Waals surface area contributed by atoms with Crippen molar-refractivity contribution in [3.8, 4) is 5.75 Å². The van der Waals surface area contributed by atoms with Crippen LogP contribution in [0.2, 0.25) is 0 Å². The summed E-state index contributed by atoms with van der Waals surface area (Å²) in [4.78, 5) is 26.3. The number of ketones is 2. The molecule has 4 rings (SSSR count). The van der Waals surface area contributed by atoms with Crippen LogP contribution in [0.25, 0.3) is 0 Å². The van der Waals surface area contributed by atoms with Crippen LogP contribution in [0.1, 0.15) is 37.4 Å². The van der Waals surface area contributed by atoms with Crippen molar-refractivity contribution in [2.45, 2.75) is 11.8 Å². The van der Waals surface area contributed by atoms with Crippen molar-refractivity contribution in [2.75, 3.05) is 17.6 Å². The molecule has 0 atom stereocenters. The number of rotatable bonds is 4. The summed E-state index contributed by atoms with van der Waals surface area (Å²) >= 11 is 0. The van der Waals surface area contributed by atoms with Crippen LogP contribution >= 0.6 is 12.4 Å². The van der Waals surface area contributed by atoms with Crippen LogP contribution in [0, 0.1) is 6.92 Å². The van der Waals surface area contributed by atoms with Crippen molar-refractivity contribution in [3.05, 3.63) is 82.4 Å². The number of carbonyl (C=O) groups is 2. The number of anilines is 2. The highest BCUT2D eigenvalue weighted by molar-refractivity contribution is 7.92. The third-order valence-corrected chi connectivity index (χ3v) is 6.38. The monoisotopic (exact) mass is 458 g/mol. The van der Waals surface area contributed by atoms with Gasteiger partial charge in [0, 0.05) is 17.2 Å². The molecular weight excluding hydrogens is 440 g/mol. The second kappa shape index (κ2) is 8.05. The fraction of sp³-hybridized carbons (Fsp3) is 0.0909. The molecule has 3 N–H and O–H groups in total. The van der Waals surface area contributed by atoms with Crippen molar-refractivity contribution in [3.63, 3.8) is 0 Å². The molecule has 3 aromatic rings. The zero-order chi connectivity index (χ0) is 21.6. The highest BCUT2D eigenvalue weighted by Gasteiger charge is 2.36. The van der Waals surface area contributed by atoms with Gasteiger partial charge >= 0.3 is 0 Å². The Kier molecular flexibility index (Phi) is 5.80. The van der Waals surface area contributed by atoms with Crippen LogP contribution in [0.15, 0.2) is 59.5 Å². The third-order valence-electron chi connectivity index (χ3n) is 5.00. The first kappa shape index (κ1) is 22.3. The first-order valence-electron chi connectivity index (χ1n) is 9.03. The van der Waals surface area contributed by atoms with Gasteiger partial charge in [0.15, 0.2) is 11.6 Å². The summed E-state index contributed by atoms with van der Waals surface area (Å²) in [5.41, 5.74) is 7.17. The number of nitrogens with one attached hydrogen (secondary N) is 1. The molecule has 0 bridgehead atoms. The summed E-state index contributed by atoms with van der Waals surface area (Å²) in [6, 6.07) is 13.9. The van der Waals surface area contributed by atoms with Gasteiger partial charge in [-0.2, -0.15) is 0 Å². The van der Waals surface area contributed by atoms with Gasteiger partial charge in [-0.3, -0.25) is 14.3 Å². The number of aryl methyl sites for hydroxylation is 1. The molecule has 0 spiro atoms. The van der Waals surface area contributed by atoms with Crippen LogP contribution in [0.3, 0.4) is 0 Å². The van der Waals surface area contributed by atoms with Crippen LogP contribution < -0.4 is 15.2 Å². The predicted molar refractivity (Wildman–Crippen MR) is 120 cm³/mol. The van der Waals surface area contributed by atoms with E-state index in [-0.39, 0.29) is 56.7 Å². The number of nitrogen functional groups attached to an aromatic ring is 1. The number of benzene rings is 3. The van der Waals surface area contributed by atoms with E-state index in [9.17, 15) is 18.0 Å². The van der Waals surface area contributed by atoms with Crippen molar-refractivity contribution in [2.24, 2.45) is 0 Å². The summed E-state index contributed by atoms with van der Waals surface area (Å²) in [6.45, 7) is 1.84. The summed E-state index contributed by atoms with van der Waals surface area (Å²) in [6.07, 6.45) is 0. The Balaban J connectivity index is 0.00000272. The molecule has 0 saturated carbocycles. The minimum atomic E-state index is -4.03. The Hall–Kier alpha value is -3.36. The standard InChI is InChI=1S/C22H18N2O5S.ClH/c1-12-7-9-13(10-8-12)30(27,28)24-16-11-17(29-2)20(23)19-18(16)21(25)14-5-3-4-6-15(14)22(19)26;/h3-11,24H,23H2,1-2H3;1H. The zero-order valence-electron chi connectivity index (χ0n) is 16.6. The third kappa shape index (κ3) is 3.64. The molecule has 3 aromatic carbocycles. The molecule has 1 aliphatic rings. The van der Waals surface area contributed by atoms with E-state index in [0.717, 1.165) is 5.56 Å². The number of carbonyl (C=O) groups excluding carboxylic acids is 2. The minimum absolute atomic E-state index is 0. The first-order chi connectivity index (χ1) is 14.2. The van der Waals surface area contributed by atoms with Crippen LogP contribution in [0.5, 0.6) is 5.75 Å². The molecule has 1 aliphatic carbocycles. The second-order valence-corrected chi connectivity index (χ2v) is 8.59. The Morgan fingerprint density at radius 3 is 2.00 bits per heavy atom. The molecule has 9 heteroatoms. The summed E-state index contributed by atoms with van der Waals surface area (Å²) in [5, 5.41) is 0. The highest BCUT2D eigenvalue weighted by atomic mass is 35.5. The quantitative estimate of drug-likeness (QED) is 0.451. The van der Waals surface area contributed by atoms with Gasteiger partial charge in [-0.1, -0.05) is 42.0 Å².